The van der Waals surface area contributed by atoms with E-state index in [4.69, 9.17) is 4.74 Å². The number of carbonyl (C=O) groups excluding carboxylic acids is 1. The molecule has 32 heavy (non-hydrogen) atoms. The van der Waals surface area contributed by atoms with Gasteiger partial charge in [-0.25, -0.2) is 4.79 Å². The molecule has 0 aliphatic rings. The second kappa shape index (κ2) is 18.1. The zero-order valence-corrected chi connectivity index (χ0v) is 22.2. The minimum Gasteiger partial charge on any atom is -1.00 e. The number of likely N-dealkylation sites (N-methyl/N-ethyl adjacent to an activating group) is 1. The van der Waals surface area contributed by atoms with Gasteiger partial charge in [-0.05, 0) is 52.2 Å². The molecule has 0 aromatic heterocycles. The van der Waals surface area contributed by atoms with Crippen molar-refractivity contribution in [2.45, 2.75) is 92.4 Å². The highest BCUT2D eigenvalue weighted by molar-refractivity contribution is 5.70. The van der Waals surface area contributed by atoms with Crippen LogP contribution in [0.2, 0.25) is 0 Å². The number of unbranched alkanes of at least 4 members (excludes halogenated alkanes) is 7. The molecule has 0 radical (unpaired) electrons. The van der Waals surface area contributed by atoms with Crippen LogP contribution in [0.3, 0.4) is 0 Å². The highest BCUT2D eigenvalue weighted by atomic mass is 35.5. The number of carbonyl (C=O) groups is 1. The number of rotatable bonds is 17. The highest BCUT2D eigenvalue weighted by Gasteiger charge is 2.26. The van der Waals surface area contributed by atoms with E-state index in [2.05, 4.69) is 65.0 Å². The first-order valence-electron chi connectivity index (χ1n) is 12.7. The third kappa shape index (κ3) is 13.3. The molecule has 1 aromatic carbocycles. The number of aryl methyl sites for hydroxylation is 1. The van der Waals surface area contributed by atoms with E-state index in [1.54, 1.807) is 0 Å². The number of esters is 1. The molecule has 0 atom stereocenters. The second-order valence-electron chi connectivity index (χ2n) is 9.22. The van der Waals surface area contributed by atoms with E-state index in [9.17, 15) is 4.79 Å². The first-order chi connectivity index (χ1) is 14.9. The topological polar surface area (TPSA) is 26.3 Å². The van der Waals surface area contributed by atoms with Crippen molar-refractivity contribution in [1.29, 1.82) is 0 Å². The summed E-state index contributed by atoms with van der Waals surface area (Å²) < 4.78 is 6.35. The van der Waals surface area contributed by atoms with Crippen molar-refractivity contribution >= 4 is 5.97 Å². The highest BCUT2D eigenvalue weighted by Crippen LogP contribution is 2.13. The molecule has 0 unspecified atom stereocenters. The van der Waals surface area contributed by atoms with Crippen LogP contribution in [0.25, 0.3) is 0 Å². The van der Waals surface area contributed by atoms with E-state index < -0.39 is 0 Å². The summed E-state index contributed by atoms with van der Waals surface area (Å²) in [6, 6.07) is 8.75. The number of allylic oxidation sites excluding steroid dienone is 1. The molecular weight excluding hydrogens is 418 g/mol. The van der Waals surface area contributed by atoms with Crippen molar-refractivity contribution in [2.75, 3.05) is 32.8 Å². The Labute approximate surface area is 204 Å². The predicted molar refractivity (Wildman–Crippen MR) is 133 cm³/mol. The van der Waals surface area contributed by atoms with Crippen LogP contribution in [0.5, 0.6) is 0 Å². The Morgan fingerprint density at radius 2 is 1.47 bits per heavy atom. The van der Waals surface area contributed by atoms with Gasteiger partial charge in [-0.2, -0.15) is 0 Å². The number of quaternary nitrogens is 1. The van der Waals surface area contributed by atoms with Gasteiger partial charge in [0.2, 0.25) is 0 Å². The van der Waals surface area contributed by atoms with Gasteiger partial charge < -0.3 is 21.6 Å². The van der Waals surface area contributed by atoms with Crippen LogP contribution in [0.4, 0.5) is 0 Å². The van der Waals surface area contributed by atoms with Gasteiger partial charge in [0.25, 0.3) is 0 Å². The van der Waals surface area contributed by atoms with E-state index in [0.717, 1.165) is 37.0 Å². The number of hydrogen-bond donors (Lipinski definition) is 0. The lowest BCUT2D eigenvalue weighted by Crippen LogP contribution is -3.00. The Kier molecular flexibility index (Phi) is 17.4. The Morgan fingerprint density at radius 1 is 0.906 bits per heavy atom. The predicted octanol–water partition coefficient (Wildman–Crippen LogP) is 4.03. The summed E-state index contributed by atoms with van der Waals surface area (Å²) in [5, 5.41) is 0. The largest absolute Gasteiger partial charge is 1.00 e. The fourth-order valence-corrected chi connectivity index (χ4v) is 3.96. The summed E-state index contributed by atoms with van der Waals surface area (Å²) >= 11 is 0. The number of hydrogen-bond acceptors (Lipinski definition) is 2. The van der Waals surface area contributed by atoms with Gasteiger partial charge in [0.1, 0.15) is 0 Å². The molecule has 0 fully saturated rings. The molecule has 184 valence electrons. The molecule has 1 aromatic rings. The van der Waals surface area contributed by atoms with E-state index in [1.807, 2.05) is 0 Å². The molecule has 0 heterocycles. The molecule has 0 saturated heterocycles. The van der Waals surface area contributed by atoms with Gasteiger partial charge in [-0.15, -0.1) is 0 Å². The van der Waals surface area contributed by atoms with Gasteiger partial charge in [-0.1, -0.05) is 87.3 Å². The maximum Gasteiger partial charge on any atom is 0.361 e. The molecule has 0 aliphatic heterocycles. The molecule has 0 N–H and O–H groups in total. The molecule has 0 aliphatic carbocycles. The minimum atomic E-state index is -0.0452. The van der Waals surface area contributed by atoms with Crippen LogP contribution in [0, 0.1) is 6.92 Å². The fraction of sp³-hybridized carbons (Fsp3) is 0.679. The lowest BCUT2D eigenvalue weighted by atomic mass is 10.0. The molecular formula is C28H48ClNO2. The summed E-state index contributed by atoms with van der Waals surface area (Å²) in [5.41, 5.74) is 4.00. The third-order valence-corrected chi connectivity index (χ3v) is 6.50. The maximum absolute atomic E-state index is 12.5. The molecule has 0 amide bonds. The van der Waals surface area contributed by atoms with Crippen molar-refractivity contribution in [3.05, 3.63) is 47.0 Å². The summed E-state index contributed by atoms with van der Waals surface area (Å²) in [5.74, 6) is -0.0452. The maximum atomic E-state index is 12.5. The van der Waals surface area contributed by atoms with Crippen LogP contribution in [-0.2, 0) is 16.0 Å². The van der Waals surface area contributed by atoms with E-state index in [1.165, 1.54) is 61.6 Å². The standard InChI is InChI=1S/C28H48NO2.ClH/c1-6-9-10-11-12-13-14-15-22-31-28(30)24-29(7-2,8-3)21-20-26(5)23-27-18-16-25(4)17-19-27;/h16-20H,6-15,21-24H2,1-5H3;1H/q+1;/p-1/b26-20+;. The molecule has 1 rings (SSSR count). The van der Waals surface area contributed by atoms with Crippen LogP contribution in [-0.4, -0.2) is 43.2 Å². The normalized spacial score (nSPS) is 11.8. The summed E-state index contributed by atoms with van der Waals surface area (Å²) in [4.78, 5) is 12.5. The van der Waals surface area contributed by atoms with E-state index in [0.29, 0.717) is 13.2 Å². The number of benzene rings is 1. The van der Waals surface area contributed by atoms with Gasteiger partial charge >= 0.3 is 5.97 Å². The average Bonchev–Trinajstić information content (AvgIpc) is 2.77. The van der Waals surface area contributed by atoms with E-state index >= 15 is 0 Å². The zero-order chi connectivity index (χ0) is 23.0. The van der Waals surface area contributed by atoms with Gasteiger partial charge in [0.05, 0.1) is 26.2 Å². The second-order valence-corrected chi connectivity index (χ2v) is 9.22. The molecule has 0 spiro atoms. The Hall–Kier alpha value is -1.32. The number of ether oxygens (including phenoxy) is 1. The average molecular weight is 466 g/mol. The molecule has 0 bridgehead atoms. The summed E-state index contributed by atoms with van der Waals surface area (Å²) in [6.45, 7) is 14.7. The van der Waals surface area contributed by atoms with E-state index in [-0.39, 0.29) is 18.4 Å². The first kappa shape index (κ1) is 30.7. The van der Waals surface area contributed by atoms with Gasteiger partial charge in [0.15, 0.2) is 6.54 Å². The Morgan fingerprint density at radius 3 is 2.03 bits per heavy atom. The molecule has 4 heteroatoms. The number of halogens is 1. The lowest BCUT2D eigenvalue weighted by Gasteiger charge is -2.35. The van der Waals surface area contributed by atoms with Crippen LogP contribution in [0.15, 0.2) is 35.9 Å². The Bertz CT molecular complexity index is 635. The lowest BCUT2D eigenvalue weighted by molar-refractivity contribution is -0.912. The van der Waals surface area contributed by atoms with Gasteiger partial charge in [0, 0.05) is 0 Å². The SMILES string of the molecule is CCCCCCCCCCOC(=O)C[N+](CC)(CC)C/C=C(\C)Cc1ccc(C)cc1.[Cl-]. The third-order valence-electron chi connectivity index (χ3n) is 6.50. The minimum absolute atomic E-state index is 0. The van der Waals surface area contributed by atoms with Crippen LogP contribution in [0.1, 0.15) is 90.2 Å². The zero-order valence-electron chi connectivity index (χ0n) is 21.4. The van der Waals surface area contributed by atoms with Crippen LogP contribution < -0.4 is 12.4 Å². The summed E-state index contributed by atoms with van der Waals surface area (Å²) in [6.07, 6.45) is 13.4. The van der Waals surface area contributed by atoms with Crippen molar-refractivity contribution in [3.63, 3.8) is 0 Å². The summed E-state index contributed by atoms with van der Waals surface area (Å²) in [7, 11) is 0. The fourth-order valence-electron chi connectivity index (χ4n) is 3.96. The van der Waals surface area contributed by atoms with Gasteiger partial charge in [-0.3, -0.25) is 0 Å². The van der Waals surface area contributed by atoms with Crippen molar-refractivity contribution in [3.8, 4) is 0 Å². The van der Waals surface area contributed by atoms with Crippen LogP contribution >= 0.6 is 0 Å². The monoisotopic (exact) mass is 465 g/mol. The quantitative estimate of drug-likeness (QED) is 0.150. The number of nitrogens with zero attached hydrogens (tertiary/aromatic N) is 1. The van der Waals surface area contributed by atoms with Crippen molar-refractivity contribution in [2.24, 2.45) is 0 Å². The molecule has 0 saturated carbocycles. The molecule has 3 nitrogen and oxygen atoms in total. The smallest absolute Gasteiger partial charge is 0.361 e. The van der Waals surface area contributed by atoms with Crippen molar-refractivity contribution in [1.82, 2.24) is 0 Å². The Balaban J connectivity index is 0.00000961. The van der Waals surface area contributed by atoms with Crippen molar-refractivity contribution < 1.29 is 26.4 Å². The first-order valence-corrected chi connectivity index (χ1v) is 12.7.